The predicted molar refractivity (Wildman–Crippen MR) is 62.9 cm³/mol. The number of nitrogens with two attached hydrogens (primary N) is 1. The van der Waals surface area contributed by atoms with Crippen LogP contribution in [0.15, 0.2) is 18.2 Å². The van der Waals surface area contributed by atoms with Gasteiger partial charge in [0.05, 0.1) is 17.7 Å². The molecule has 0 fully saturated rings. The topological polar surface area (TPSA) is 59.1 Å². The van der Waals surface area contributed by atoms with Gasteiger partial charge in [-0.25, -0.2) is 0 Å². The average molecular weight is 260 g/mol. The lowest BCUT2D eigenvalue weighted by atomic mass is 10.1. The lowest BCUT2D eigenvalue weighted by molar-refractivity contribution is -0.137. The molecular weight excluding hydrogens is 245 g/mol. The third-order valence-corrected chi connectivity index (χ3v) is 2.35. The van der Waals surface area contributed by atoms with E-state index in [1.54, 1.807) is 0 Å². The average Bonchev–Trinajstić information content (AvgIpc) is 2.28. The van der Waals surface area contributed by atoms with Gasteiger partial charge in [-0.05, 0) is 24.6 Å². The van der Waals surface area contributed by atoms with Crippen LogP contribution < -0.4 is 10.5 Å². The molecule has 0 saturated carbocycles. The van der Waals surface area contributed by atoms with Crippen LogP contribution in [0, 0.1) is 5.41 Å². The normalized spacial score (nSPS) is 11.3. The molecule has 1 aromatic rings. The summed E-state index contributed by atoms with van der Waals surface area (Å²) in [6, 6.07) is 2.96. The summed E-state index contributed by atoms with van der Waals surface area (Å²) in [5, 5.41) is 7.29. The van der Waals surface area contributed by atoms with Crippen LogP contribution in [-0.2, 0) is 6.18 Å². The molecule has 0 atom stereocenters. The second-order valence-corrected chi connectivity index (χ2v) is 3.82. The molecule has 0 aromatic heterocycles. The Labute approximate surface area is 103 Å². The van der Waals surface area contributed by atoms with Crippen LogP contribution in [0.1, 0.15) is 30.9 Å². The fourth-order valence-electron chi connectivity index (χ4n) is 1.37. The van der Waals surface area contributed by atoms with Crippen LogP contribution in [0.5, 0.6) is 5.75 Å². The van der Waals surface area contributed by atoms with E-state index in [0.717, 1.165) is 25.0 Å². The molecule has 0 aliphatic heterocycles. The van der Waals surface area contributed by atoms with E-state index in [1.807, 2.05) is 6.92 Å². The Kier molecular flexibility index (Phi) is 4.58. The quantitative estimate of drug-likeness (QED) is 0.485. The van der Waals surface area contributed by atoms with Crippen molar-refractivity contribution in [1.82, 2.24) is 0 Å². The summed E-state index contributed by atoms with van der Waals surface area (Å²) in [5.41, 5.74) is 4.40. The van der Waals surface area contributed by atoms with Crippen LogP contribution >= 0.6 is 0 Å². The molecule has 0 heterocycles. The Morgan fingerprint density at radius 3 is 2.56 bits per heavy atom. The van der Waals surface area contributed by atoms with Crippen molar-refractivity contribution in [1.29, 1.82) is 5.41 Å². The van der Waals surface area contributed by atoms with Gasteiger partial charge in [0.15, 0.2) is 0 Å². The zero-order chi connectivity index (χ0) is 13.8. The summed E-state index contributed by atoms with van der Waals surface area (Å²) in [5.74, 6) is -0.225. The van der Waals surface area contributed by atoms with E-state index in [4.69, 9.17) is 15.9 Å². The first kappa shape index (κ1) is 14.3. The molecule has 0 radical (unpaired) electrons. The van der Waals surface area contributed by atoms with Crippen LogP contribution in [-0.4, -0.2) is 12.4 Å². The van der Waals surface area contributed by atoms with Crippen LogP contribution in [0.2, 0.25) is 0 Å². The van der Waals surface area contributed by atoms with Crippen molar-refractivity contribution >= 4 is 5.84 Å². The SMILES string of the molecule is CCCCOc1ccc(C(F)(F)F)cc1C(=N)N. The summed E-state index contributed by atoms with van der Waals surface area (Å²) >= 11 is 0. The third-order valence-electron chi connectivity index (χ3n) is 2.35. The van der Waals surface area contributed by atoms with Gasteiger partial charge in [-0.1, -0.05) is 13.3 Å². The Hall–Kier alpha value is -1.72. The molecule has 6 heteroatoms. The Bertz CT molecular complexity index is 430. The molecule has 0 spiro atoms. The molecule has 0 amide bonds. The highest BCUT2D eigenvalue weighted by molar-refractivity contribution is 5.97. The molecule has 0 saturated heterocycles. The molecule has 18 heavy (non-hydrogen) atoms. The number of halogens is 3. The van der Waals surface area contributed by atoms with E-state index in [1.165, 1.54) is 6.07 Å². The van der Waals surface area contributed by atoms with Gasteiger partial charge in [-0.2, -0.15) is 13.2 Å². The van der Waals surface area contributed by atoms with Crippen LogP contribution in [0.25, 0.3) is 0 Å². The molecule has 1 rings (SSSR count). The van der Waals surface area contributed by atoms with Crippen molar-refractivity contribution < 1.29 is 17.9 Å². The van der Waals surface area contributed by atoms with E-state index in [-0.39, 0.29) is 11.3 Å². The summed E-state index contributed by atoms with van der Waals surface area (Å²) in [6.07, 6.45) is -2.75. The first-order valence-electron chi connectivity index (χ1n) is 5.54. The molecule has 1 aromatic carbocycles. The molecular formula is C12H15F3N2O. The third kappa shape index (κ3) is 3.65. The number of unbranched alkanes of at least 4 members (excludes halogenated alkanes) is 1. The largest absolute Gasteiger partial charge is 0.493 e. The van der Waals surface area contributed by atoms with E-state index in [2.05, 4.69) is 0 Å². The van der Waals surface area contributed by atoms with Gasteiger partial charge in [-0.15, -0.1) is 0 Å². The standard InChI is InChI=1S/C12H15F3N2O/c1-2-3-6-18-10-5-4-8(12(13,14)15)7-9(10)11(16)17/h4-5,7H,2-3,6H2,1H3,(H3,16,17). The zero-order valence-corrected chi connectivity index (χ0v) is 9.97. The highest BCUT2D eigenvalue weighted by atomic mass is 19.4. The number of benzene rings is 1. The highest BCUT2D eigenvalue weighted by Gasteiger charge is 2.31. The Balaban J connectivity index is 3.01. The summed E-state index contributed by atoms with van der Waals surface area (Å²) < 4.78 is 42.9. The number of hydrogen-bond acceptors (Lipinski definition) is 2. The van der Waals surface area contributed by atoms with Crippen LogP contribution in [0.3, 0.4) is 0 Å². The van der Waals surface area contributed by atoms with E-state index >= 15 is 0 Å². The predicted octanol–water partition coefficient (Wildman–Crippen LogP) is 3.17. The van der Waals surface area contributed by atoms with Gasteiger partial charge in [0.1, 0.15) is 11.6 Å². The Morgan fingerprint density at radius 1 is 1.39 bits per heavy atom. The van der Waals surface area contributed by atoms with Crippen LogP contribution in [0.4, 0.5) is 13.2 Å². The number of rotatable bonds is 5. The minimum atomic E-state index is -4.45. The molecule has 100 valence electrons. The fraction of sp³-hybridized carbons (Fsp3) is 0.417. The lowest BCUT2D eigenvalue weighted by Gasteiger charge is -2.13. The molecule has 3 N–H and O–H groups in total. The van der Waals surface area contributed by atoms with E-state index in [9.17, 15) is 13.2 Å². The van der Waals surface area contributed by atoms with Crippen molar-refractivity contribution in [2.45, 2.75) is 25.9 Å². The fourth-order valence-corrected chi connectivity index (χ4v) is 1.37. The van der Waals surface area contributed by atoms with Crippen molar-refractivity contribution in [3.8, 4) is 5.75 Å². The van der Waals surface area contributed by atoms with Gasteiger partial charge >= 0.3 is 6.18 Å². The second-order valence-electron chi connectivity index (χ2n) is 3.82. The Morgan fingerprint density at radius 2 is 2.06 bits per heavy atom. The van der Waals surface area contributed by atoms with E-state index < -0.39 is 17.6 Å². The van der Waals surface area contributed by atoms with Crippen molar-refractivity contribution in [2.75, 3.05) is 6.61 Å². The molecule has 3 nitrogen and oxygen atoms in total. The summed E-state index contributed by atoms with van der Waals surface area (Å²) in [6.45, 7) is 2.37. The molecule has 0 aliphatic carbocycles. The lowest BCUT2D eigenvalue weighted by Crippen LogP contribution is -2.15. The van der Waals surface area contributed by atoms with Gasteiger partial charge < -0.3 is 10.5 Å². The summed E-state index contributed by atoms with van der Waals surface area (Å²) in [4.78, 5) is 0. The smallest absolute Gasteiger partial charge is 0.416 e. The van der Waals surface area contributed by atoms with Gasteiger partial charge in [0.2, 0.25) is 0 Å². The summed E-state index contributed by atoms with van der Waals surface area (Å²) in [7, 11) is 0. The number of hydrogen-bond donors (Lipinski definition) is 2. The highest BCUT2D eigenvalue weighted by Crippen LogP contribution is 2.32. The second kappa shape index (κ2) is 5.75. The number of nitrogens with one attached hydrogen (secondary N) is 1. The number of nitrogen functional groups attached to an aromatic ring is 1. The van der Waals surface area contributed by atoms with Crippen molar-refractivity contribution in [2.24, 2.45) is 5.73 Å². The molecule has 0 aliphatic rings. The van der Waals surface area contributed by atoms with Gasteiger partial charge in [-0.3, -0.25) is 5.41 Å². The zero-order valence-electron chi connectivity index (χ0n) is 9.97. The maximum Gasteiger partial charge on any atom is 0.416 e. The van der Waals surface area contributed by atoms with Gasteiger partial charge in [0, 0.05) is 0 Å². The molecule has 0 unspecified atom stereocenters. The number of ether oxygens (including phenoxy) is 1. The minimum absolute atomic E-state index is 0.0269. The maximum atomic E-state index is 12.5. The first-order valence-corrected chi connectivity index (χ1v) is 5.54. The van der Waals surface area contributed by atoms with Gasteiger partial charge in [0.25, 0.3) is 0 Å². The van der Waals surface area contributed by atoms with E-state index in [0.29, 0.717) is 6.61 Å². The number of amidine groups is 1. The van der Waals surface area contributed by atoms with Crippen molar-refractivity contribution in [3.05, 3.63) is 29.3 Å². The monoisotopic (exact) mass is 260 g/mol. The van der Waals surface area contributed by atoms with Crippen molar-refractivity contribution in [3.63, 3.8) is 0 Å². The maximum absolute atomic E-state index is 12.5. The minimum Gasteiger partial charge on any atom is -0.493 e. The first-order chi connectivity index (χ1) is 8.36. The number of alkyl halides is 3. The molecule has 0 bridgehead atoms.